The van der Waals surface area contributed by atoms with Crippen LogP contribution in [0, 0.1) is 50.7 Å². The van der Waals surface area contributed by atoms with Gasteiger partial charge in [0.25, 0.3) is 0 Å². The lowest BCUT2D eigenvalue weighted by Gasteiger charge is -2.64. The van der Waals surface area contributed by atoms with Gasteiger partial charge in [0.15, 0.2) is 0 Å². The van der Waals surface area contributed by atoms with Gasteiger partial charge in [-0.3, -0.25) is 9.59 Å². The lowest BCUT2D eigenvalue weighted by atomic mass is 9.42. The van der Waals surface area contributed by atoms with E-state index in [1.165, 1.54) is 38.5 Å². The standard InChI is InChI=1S/C32H50O3/c1-20(33)35-27-15-18-32(8)24(29(27,4)5)13-16-30(6)19-21-9-11-23-28(2,3)26(34)14-17-31(23,7)22(21)10-12-25(30)32/h9,22-25,27H,10-19H2,1-8H3. The normalized spacial score (nSPS) is 48.3. The van der Waals surface area contributed by atoms with Crippen molar-refractivity contribution in [1.82, 2.24) is 0 Å². The first-order valence-corrected chi connectivity index (χ1v) is 14.6. The summed E-state index contributed by atoms with van der Waals surface area (Å²) in [4.78, 5) is 24.8. The van der Waals surface area contributed by atoms with E-state index in [1.807, 2.05) is 0 Å². The molecule has 0 bridgehead atoms. The Kier molecular flexibility index (Phi) is 5.79. The number of fused-ring (bicyclic) bond motifs is 6. The Balaban J connectivity index is 1.47. The molecule has 196 valence electrons. The number of ketones is 1. The van der Waals surface area contributed by atoms with E-state index < -0.39 is 0 Å². The Morgan fingerprint density at radius 2 is 1.57 bits per heavy atom. The van der Waals surface area contributed by atoms with Gasteiger partial charge in [-0.05, 0) is 97.7 Å². The molecule has 0 heterocycles. The average molecular weight is 483 g/mol. The summed E-state index contributed by atoms with van der Waals surface area (Å²) in [5, 5.41) is 0. The predicted octanol–water partition coefficient (Wildman–Crippen LogP) is 7.92. The predicted molar refractivity (Wildman–Crippen MR) is 141 cm³/mol. The third kappa shape index (κ3) is 3.56. The van der Waals surface area contributed by atoms with Crippen LogP contribution in [0.1, 0.15) is 120 Å². The van der Waals surface area contributed by atoms with Crippen molar-refractivity contribution in [3.8, 4) is 0 Å². The van der Waals surface area contributed by atoms with Crippen LogP contribution in [0.4, 0.5) is 0 Å². The van der Waals surface area contributed by atoms with Crippen LogP contribution in [-0.4, -0.2) is 17.9 Å². The third-order valence-corrected chi connectivity index (χ3v) is 12.9. The Hall–Kier alpha value is -1.12. The molecule has 0 N–H and O–H groups in total. The van der Waals surface area contributed by atoms with Crippen molar-refractivity contribution in [3.63, 3.8) is 0 Å². The molecule has 0 aromatic carbocycles. The molecule has 4 fully saturated rings. The first-order chi connectivity index (χ1) is 16.2. The lowest BCUT2D eigenvalue weighted by Crippen LogP contribution is -2.59. The number of ether oxygens (including phenoxy) is 1. The molecular formula is C32H50O3. The molecule has 3 nitrogen and oxygen atoms in total. The van der Waals surface area contributed by atoms with Crippen molar-refractivity contribution in [3.05, 3.63) is 11.6 Å². The Morgan fingerprint density at radius 3 is 2.26 bits per heavy atom. The number of esters is 1. The number of carbonyl (C=O) groups excluding carboxylic acids is 2. The summed E-state index contributed by atoms with van der Waals surface area (Å²) in [7, 11) is 0. The fraction of sp³-hybridized carbons (Fsp3) is 0.875. The highest BCUT2D eigenvalue weighted by Crippen LogP contribution is 2.70. The maximum atomic E-state index is 12.9. The molecule has 0 spiro atoms. The molecule has 5 aliphatic carbocycles. The summed E-state index contributed by atoms with van der Waals surface area (Å²) in [6.07, 6.45) is 14.1. The minimum absolute atomic E-state index is 0.0170. The number of hydrogen-bond donors (Lipinski definition) is 0. The molecule has 0 saturated heterocycles. The van der Waals surface area contributed by atoms with Gasteiger partial charge in [0.05, 0.1) is 0 Å². The summed E-state index contributed by atoms with van der Waals surface area (Å²) < 4.78 is 5.89. The quantitative estimate of drug-likeness (QED) is 0.282. The monoisotopic (exact) mass is 482 g/mol. The molecular weight excluding hydrogens is 432 g/mol. The van der Waals surface area contributed by atoms with E-state index in [9.17, 15) is 9.59 Å². The van der Waals surface area contributed by atoms with Crippen molar-refractivity contribution in [2.24, 2.45) is 50.7 Å². The molecule has 5 aliphatic rings. The van der Waals surface area contributed by atoms with Crippen LogP contribution in [0.3, 0.4) is 0 Å². The van der Waals surface area contributed by atoms with Gasteiger partial charge >= 0.3 is 5.97 Å². The van der Waals surface area contributed by atoms with Crippen LogP contribution in [-0.2, 0) is 14.3 Å². The summed E-state index contributed by atoms with van der Waals surface area (Å²) in [6.45, 7) is 18.5. The lowest BCUT2D eigenvalue weighted by molar-refractivity contribution is -0.191. The Morgan fingerprint density at radius 1 is 0.857 bits per heavy atom. The zero-order valence-electron chi connectivity index (χ0n) is 23.8. The molecule has 8 atom stereocenters. The summed E-state index contributed by atoms with van der Waals surface area (Å²) in [5.41, 5.74) is 2.44. The van der Waals surface area contributed by atoms with Gasteiger partial charge in [-0.2, -0.15) is 0 Å². The second-order valence-corrected chi connectivity index (χ2v) is 15.3. The maximum absolute atomic E-state index is 12.9. The van der Waals surface area contributed by atoms with Crippen LogP contribution < -0.4 is 0 Å². The first kappa shape index (κ1) is 25.5. The minimum atomic E-state index is -0.200. The molecule has 4 saturated carbocycles. The van der Waals surface area contributed by atoms with Crippen molar-refractivity contribution in [1.29, 1.82) is 0 Å². The number of hydrogen-bond acceptors (Lipinski definition) is 3. The highest BCUT2D eigenvalue weighted by molar-refractivity contribution is 5.85. The number of rotatable bonds is 1. The van der Waals surface area contributed by atoms with Gasteiger partial charge in [0.1, 0.15) is 11.9 Å². The minimum Gasteiger partial charge on any atom is -0.462 e. The van der Waals surface area contributed by atoms with E-state index in [-0.39, 0.29) is 28.3 Å². The van der Waals surface area contributed by atoms with Gasteiger partial charge < -0.3 is 4.74 Å². The van der Waals surface area contributed by atoms with Crippen LogP contribution in [0.25, 0.3) is 0 Å². The van der Waals surface area contributed by atoms with E-state index in [0.717, 1.165) is 25.7 Å². The molecule has 0 amide bonds. The topological polar surface area (TPSA) is 43.4 Å². The van der Waals surface area contributed by atoms with Gasteiger partial charge in [-0.25, -0.2) is 0 Å². The fourth-order valence-electron chi connectivity index (χ4n) is 11.2. The third-order valence-electron chi connectivity index (χ3n) is 12.9. The molecule has 3 heteroatoms. The summed E-state index contributed by atoms with van der Waals surface area (Å²) in [5.74, 6) is 2.75. The van der Waals surface area contributed by atoms with E-state index in [0.29, 0.717) is 40.3 Å². The van der Waals surface area contributed by atoms with Crippen LogP contribution in [0.5, 0.6) is 0 Å². The Labute approximate surface area is 214 Å². The van der Waals surface area contributed by atoms with E-state index in [1.54, 1.807) is 12.5 Å². The van der Waals surface area contributed by atoms with Crippen molar-refractivity contribution < 1.29 is 14.3 Å². The van der Waals surface area contributed by atoms with Crippen molar-refractivity contribution >= 4 is 11.8 Å². The molecule has 5 rings (SSSR count). The molecule has 0 aromatic rings. The van der Waals surface area contributed by atoms with Gasteiger partial charge in [-0.1, -0.05) is 60.1 Å². The van der Waals surface area contributed by atoms with E-state index in [4.69, 9.17) is 4.74 Å². The summed E-state index contributed by atoms with van der Waals surface area (Å²) in [6, 6.07) is 0. The largest absolute Gasteiger partial charge is 0.462 e. The second kappa shape index (κ2) is 7.94. The van der Waals surface area contributed by atoms with Crippen molar-refractivity contribution in [2.45, 2.75) is 126 Å². The first-order valence-electron chi connectivity index (χ1n) is 14.6. The maximum Gasteiger partial charge on any atom is 0.302 e. The fourth-order valence-corrected chi connectivity index (χ4v) is 11.2. The molecule has 0 aromatic heterocycles. The second-order valence-electron chi connectivity index (χ2n) is 15.3. The van der Waals surface area contributed by atoms with Crippen LogP contribution in [0.2, 0.25) is 0 Å². The van der Waals surface area contributed by atoms with Gasteiger partial charge in [0.2, 0.25) is 0 Å². The Bertz CT molecular complexity index is 942. The summed E-state index contributed by atoms with van der Waals surface area (Å²) >= 11 is 0. The highest BCUT2D eigenvalue weighted by atomic mass is 16.5. The molecule has 8 unspecified atom stereocenters. The average Bonchev–Trinajstić information content (AvgIpc) is 2.90. The number of carbonyl (C=O) groups is 2. The molecule has 0 radical (unpaired) electrons. The van der Waals surface area contributed by atoms with Crippen LogP contribution in [0.15, 0.2) is 11.6 Å². The van der Waals surface area contributed by atoms with Crippen molar-refractivity contribution in [2.75, 3.05) is 0 Å². The molecule has 0 aliphatic heterocycles. The van der Waals surface area contributed by atoms with Crippen LogP contribution >= 0.6 is 0 Å². The van der Waals surface area contributed by atoms with Gasteiger partial charge in [-0.15, -0.1) is 0 Å². The SMILES string of the molecule is CC(=O)OC1CCC2(C)C3CCC4C(=CCC5C(C)(C)C(=O)CCC45C)CC3(C)CCC2C1(C)C. The smallest absolute Gasteiger partial charge is 0.302 e. The van der Waals surface area contributed by atoms with E-state index in [2.05, 4.69) is 54.5 Å². The van der Waals surface area contributed by atoms with Gasteiger partial charge in [0, 0.05) is 24.2 Å². The van der Waals surface area contributed by atoms with E-state index >= 15 is 0 Å². The highest BCUT2D eigenvalue weighted by Gasteiger charge is 2.63. The zero-order valence-corrected chi connectivity index (χ0v) is 23.8. The number of allylic oxidation sites excluding steroid dienone is 2. The zero-order chi connectivity index (χ0) is 25.6. The molecule has 35 heavy (non-hydrogen) atoms. The number of Topliss-reactive ketones (excluding diaryl/α,β-unsaturated/α-hetero) is 1.